The fourth-order valence-corrected chi connectivity index (χ4v) is 3.40. The normalized spacial score (nSPS) is 19.2. The SMILES string of the molecule is O=C(c1cncc(CC[C@@H]2COc3ccccc3O2)n1)N1CCCCC1. The van der Waals surface area contributed by atoms with E-state index in [1.807, 2.05) is 29.2 Å². The number of hydrogen-bond acceptors (Lipinski definition) is 5. The van der Waals surface area contributed by atoms with Crippen LogP contribution in [-0.4, -0.2) is 46.6 Å². The van der Waals surface area contributed by atoms with Crippen molar-refractivity contribution in [1.82, 2.24) is 14.9 Å². The van der Waals surface area contributed by atoms with E-state index < -0.39 is 0 Å². The fraction of sp³-hybridized carbons (Fsp3) is 0.450. The molecule has 1 atom stereocenters. The minimum atomic E-state index is -0.0202. The Morgan fingerprint density at radius 3 is 2.77 bits per heavy atom. The van der Waals surface area contributed by atoms with Crippen LogP contribution in [0.3, 0.4) is 0 Å². The molecule has 0 radical (unpaired) electrons. The zero-order chi connectivity index (χ0) is 17.8. The second kappa shape index (κ2) is 7.72. The number of rotatable bonds is 4. The van der Waals surface area contributed by atoms with Crippen LogP contribution in [0.2, 0.25) is 0 Å². The van der Waals surface area contributed by atoms with Gasteiger partial charge in [-0.3, -0.25) is 9.78 Å². The number of amides is 1. The zero-order valence-corrected chi connectivity index (χ0v) is 14.8. The predicted molar refractivity (Wildman–Crippen MR) is 96.5 cm³/mol. The van der Waals surface area contributed by atoms with Gasteiger partial charge in [-0.15, -0.1) is 0 Å². The molecule has 26 heavy (non-hydrogen) atoms. The summed E-state index contributed by atoms with van der Waals surface area (Å²) >= 11 is 0. The third kappa shape index (κ3) is 3.79. The maximum absolute atomic E-state index is 12.6. The van der Waals surface area contributed by atoms with E-state index in [2.05, 4.69) is 9.97 Å². The molecule has 2 aliphatic heterocycles. The number of fused-ring (bicyclic) bond motifs is 1. The number of carbonyl (C=O) groups excluding carboxylic acids is 1. The van der Waals surface area contributed by atoms with Gasteiger partial charge in [-0.1, -0.05) is 12.1 Å². The van der Waals surface area contributed by atoms with Gasteiger partial charge in [0.25, 0.3) is 5.91 Å². The highest BCUT2D eigenvalue weighted by Crippen LogP contribution is 2.31. The number of aryl methyl sites for hydroxylation is 1. The topological polar surface area (TPSA) is 64.5 Å². The van der Waals surface area contributed by atoms with Gasteiger partial charge in [-0.25, -0.2) is 4.98 Å². The van der Waals surface area contributed by atoms with Gasteiger partial charge >= 0.3 is 0 Å². The molecule has 0 N–H and O–H groups in total. The quantitative estimate of drug-likeness (QED) is 0.846. The summed E-state index contributed by atoms with van der Waals surface area (Å²) in [5.41, 5.74) is 1.26. The molecule has 6 nitrogen and oxygen atoms in total. The molecule has 0 unspecified atom stereocenters. The summed E-state index contributed by atoms with van der Waals surface area (Å²) in [4.78, 5) is 23.2. The first-order valence-electron chi connectivity index (χ1n) is 9.28. The van der Waals surface area contributed by atoms with Crippen molar-refractivity contribution >= 4 is 5.91 Å². The van der Waals surface area contributed by atoms with E-state index in [4.69, 9.17) is 9.47 Å². The van der Waals surface area contributed by atoms with Crippen LogP contribution in [0.1, 0.15) is 41.9 Å². The summed E-state index contributed by atoms with van der Waals surface area (Å²) in [5.74, 6) is 1.56. The van der Waals surface area contributed by atoms with Gasteiger partial charge in [0.15, 0.2) is 11.5 Å². The smallest absolute Gasteiger partial charge is 0.274 e. The van der Waals surface area contributed by atoms with Gasteiger partial charge < -0.3 is 14.4 Å². The molecule has 1 saturated heterocycles. The maximum atomic E-state index is 12.6. The summed E-state index contributed by atoms with van der Waals surface area (Å²) in [7, 11) is 0. The zero-order valence-electron chi connectivity index (χ0n) is 14.8. The van der Waals surface area contributed by atoms with Crippen molar-refractivity contribution in [3.63, 3.8) is 0 Å². The van der Waals surface area contributed by atoms with Crippen molar-refractivity contribution in [3.8, 4) is 11.5 Å². The molecule has 1 aromatic carbocycles. The number of aromatic nitrogens is 2. The van der Waals surface area contributed by atoms with Crippen LogP contribution in [0, 0.1) is 0 Å². The van der Waals surface area contributed by atoms with Gasteiger partial charge in [-0.05, 0) is 44.2 Å². The first-order chi connectivity index (χ1) is 12.8. The molecule has 1 aromatic heterocycles. The van der Waals surface area contributed by atoms with E-state index in [0.717, 1.165) is 49.5 Å². The lowest BCUT2D eigenvalue weighted by atomic mass is 10.1. The van der Waals surface area contributed by atoms with Gasteiger partial charge in [0.05, 0.1) is 11.9 Å². The number of piperidine rings is 1. The van der Waals surface area contributed by atoms with Crippen molar-refractivity contribution < 1.29 is 14.3 Å². The van der Waals surface area contributed by atoms with Crippen molar-refractivity contribution in [1.29, 1.82) is 0 Å². The molecule has 0 saturated carbocycles. The highest BCUT2D eigenvalue weighted by molar-refractivity contribution is 5.92. The van der Waals surface area contributed by atoms with E-state index in [9.17, 15) is 4.79 Å². The lowest BCUT2D eigenvalue weighted by Crippen LogP contribution is -2.36. The largest absolute Gasteiger partial charge is 0.486 e. The average Bonchev–Trinajstić information content (AvgIpc) is 2.72. The predicted octanol–water partition coefficient (Wildman–Crippen LogP) is 2.88. The summed E-state index contributed by atoms with van der Waals surface area (Å²) in [6, 6.07) is 7.70. The fourth-order valence-electron chi connectivity index (χ4n) is 3.40. The third-order valence-electron chi connectivity index (χ3n) is 4.84. The van der Waals surface area contributed by atoms with Crippen LogP contribution in [-0.2, 0) is 6.42 Å². The van der Waals surface area contributed by atoms with Crippen LogP contribution in [0.15, 0.2) is 36.7 Å². The molecular weight excluding hydrogens is 330 g/mol. The van der Waals surface area contributed by atoms with Crippen molar-refractivity contribution in [2.75, 3.05) is 19.7 Å². The van der Waals surface area contributed by atoms with Crippen molar-refractivity contribution in [2.24, 2.45) is 0 Å². The first kappa shape index (κ1) is 16.8. The molecule has 2 aliphatic rings. The van der Waals surface area contributed by atoms with Gasteiger partial charge in [0, 0.05) is 19.3 Å². The summed E-state index contributed by atoms with van der Waals surface area (Å²) in [5, 5.41) is 0. The number of nitrogens with zero attached hydrogens (tertiary/aromatic N) is 3. The van der Waals surface area contributed by atoms with E-state index in [0.29, 0.717) is 18.7 Å². The summed E-state index contributed by atoms with van der Waals surface area (Å²) in [6.45, 7) is 2.16. The molecule has 1 fully saturated rings. The highest BCUT2D eigenvalue weighted by atomic mass is 16.6. The monoisotopic (exact) mass is 353 g/mol. The number of carbonyl (C=O) groups is 1. The van der Waals surface area contributed by atoms with Crippen LogP contribution in [0.5, 0.6) is 11.5 Å². The highest BCUT2D eigenvalue weighted by Gasteiger charge is 2.22. The second-order valence-corrected chi connectivity index (χ2v) is 6.78. The molecule has 4 rings (SSSR count). The van der Waals surface area contributed by atoms with Crippen molar-refractivity contribution in [2.45, 2.75) is 38.2 Å². The number of likely N-dealkylation sites (tertiary alicyclic amines) is 1. The molecule has 136 valence electrons. The second-order valence-electron chi connectivity index (χ2n) is 6.78. The van der Waals surface area contributed by atoms with Crippen LogP contribution in [0.25, 0.3) is 0 Å². The average molecular weight is 353 g/mol. The van der Waals surface area contributed by atoms with Crippen LogP contribution >= 0.6 is 0 Å². The number of ether oxygens (including phenoxy) is 2. The van der Waals surface area contributed by atoms with E-state index >= 15 is 0 Å². The molecule has 1 amide bonds. The molecule has 6 heteroatoms. The summed E-state index contributed by atoms with van der Waals surface area (Å²) < 4.78 is 11.7. The molecule has 0 aliphatic carbocycles. The lowest BCUT2D eigenvalue weighted by molar-refractivity contribution is 0.0717. The molecular formula is C20H23N3O3. The van der Waals surface area contributed by atoms with Crippen LogP contribution < -0.4 is 9.47 Å². The minimum Gasteiger partial charge on any atom is -0.486 e. The Balaban J connectivity index is 1.36. The van der Waals surface area contributed by atoms with E-state index in [1.54, 1.807) is 12.4 Å². The third-order valence-corrected chi connectivity index (χ3v) is 4.84. The van der Waals surface area contributed by atoms with Crippen molar-refractivity contribution in [3.05, 3.63) is 48.0 Å². The Kier molecular flexibility index (Phi) is 5.00. The molecule has 0 spiro atoms. The molecule has 2 aromatic rings. The van der Waals surface area contributed by atoms with Gasteiger partial charge in [0.2, 0.25) is 0 Å². The first-order valence-corrected chi connectivity index (χ1v) is 9.28. The Bertz CT molecular complexity index is 774. The Morgan fingerprint density at radius 1 is 1.12 bits per heavy atom. The molecule has 3 heterocycles. The van der Waals surface area contributed by atoms with Gasteiger partial charge in [0.1, 0.15) is 18.4 Å². The Morgan fingerprint density at radius 2 is 1.92 bits per heavy atom. The van der Waals surface area contributed by atoms with E-state index in [1.165, 1.54) is 6.42 Å². The van der Waals surface area contributed by atoms with E-state index in [-0.39, 0.29) is 12.0 Å². The number of hydrogen-bond donors (Lipinski definition) is 0. The number of para-hydroxylation sites is 2. The minimum absolute atomic E-state index is 0.00905. The van der Waals surface area contributed by atoms with Crippen LogP contribution in [0.4, 0.5) is 0 Å². The Hall–Kier alpha value is -2.63. The number of benzene rings is 1. The lowest BCUT2D eigenvalue weighted by Gasteiger charge is -2.27. The molecule has 0 bridgehead atoms. The van der Waals surface area contributed by atoms with Gasteiger partial charge in [-0.2, -0.15) is 0 Å². The summed E-state index contributed by atoms with van der Waals surface area (Å²) in [6.07, 6.45) is 8.07. The maximum Gasteiger partial charge on any atom is 0.274 e. The standard InChI is InChI=1S/C20H23N3O3/c24-20(23-10-4-1-5-11-23)17-13-21-12-15(22-17)8-9-16-14-25-18-6-2-3-7-19(18)26-16/h2-3,6-7,12-13,16H,1,4-5,8-11,14H2/t16-/m1/s1. The Labute approximate surface area is 153 Å².